The van der Waals surface area contributed by atoms with Crippen LogP contribution in [0.15, 0.2) is 0 Å². The molecule has 2 rings (SSSR count). The lowest BCUT2D eigenvalue weighted by Gasteiger charge is -2.11. The van der Waals surface area contributed by atoms with Crippen LogP contribution < -0.4 is 5.32 Å². The summed E-state index contributed by atoms with van der Waals surface area (Å²) < 4.78 is 65.7. The molecular formula is C12H10F5N3. The van der Waals surface area contributed by atoms with Crippen LogP contribution >= 0.6 is 0 Å². The summed E-state index contributed by atoms with van der Waals surface area (Å²) in [5.74, 6) is -9.92. The number of hydrogen-bond donors (Lipinski definition) is 2. The summed E-state index contributed by atoms with van der Waals surface area (Å²) in [5, 5.41) is 8.73. The highest BCUT2D eigenvalue weighted by Gasteiger charge is 2.25. The van der Waals surface area contributed by atoms with Crippen LogP contribution in [0.2, 0.25) is 0 Å². The fraction of sp³-hybridized carbons (Fsp3) is 0.250. The molecule has 108 valence electrons. The molecule has 1 heterocycles. The molecule has 0 aliphatic carbocycles. The zero-order valence-corrected chi connectivity index (χ0v) is 10.5. The molecule has 0 radical (unpaired) electrons. The minimum atomic E-state index is -2.18. The number of aryl methyl sites for hydroxylation is 2. The lowest BCUT2D eigenvalue weighted by atomic mass is 10.2. The monoisotopic (exact) mass is 291 g/mol. The van der Waals surface area contributed by atoms with Crippen LogP contribution in [-0.4, -0.2) is 10.2 Å². The molecule has 0 saturated carbocycles. The standard InChI is InChI=1S/C12H10F5N3/c1-4-6(5(2)20-19-4)3-18-12-10(16)8(14)7(13)9(15)11(12)17/h18H,3H2,1-2H3,(H,19,20). The predicted molar refractivity (Wildman–Crippen MR) is 61.6 cm³/mol. The smallest absolute Gasteiger partial charge is 0.200 e. The van der Waals surface area contributed by atoms with Gasteiger partial charge in [0.2, 0.25) is 5.82 Å². The first-order chi connectivity index (χ1) is 9.34. The van der Waals surface area contributed by atoms with E-state index < -0.39 is 34.8 Å². The van der Waals surface area contributed by atoms with E-state index in [1.165, 1.54) is 0 Å². The van der Waals surface area contributed by atoms with E-state index in [1.807, 2.05) is 0 Å². The second-order valence-corrected chi connectivity index (χ2v) is 4.21. The second-order valence-electron chi connectivity index (χ2n) is 4.21. The van der Waals surface area contributed by atoms with Crippen LogP contribution in [0.25, 0.3) is 0 Å². The molecular weight excluding hydrogens is 281 g/mol. The first kappa shape index (κ1) is 14.3. The molecule has 2 aromatic rings. The molecule has 20 heavy (non-hydrogen) atoms. The summed E-state index contributed by atoms with van der Waals surface area (Å²) >= 11 is 0. The molecule has 0 aliphatic rings. The van der Waals surface area contributed by atoms with Crippen molar-refractivity contribution in [2.24, 2.45) is 0 Å². The summed E-state index contributed by atoms with van der Waals surface area (Å²) in [5.41, 5.74) is 0.744. The van der Waals surface area contributed by atoms with Gasteiger partial charge in [-0.15, -0.1) is 0 Å². The Morgan fingerprint density at radius 1 is 0.900 bits per heavy atom. The van der Waals surface area contributed by atoms with Crippen LogP contribution in [0.3, 0.4) is 0 Å². The Labute approximate surface area is 110 Å². The number of nitrogens with zero attached hydrogens (tertiary/aromatic N) is 1. The molecule has 2 N–H and O–H groups in total. The summed E-state index contributed by atoms with van der Waals surface area (Å²) in [6.45, 7) is 3.21. The first-order valence-electron chi connectivity index (χ1n) is 5.60. The van der Waals surface area contributed by atoms with Crippen molar-refractivity contribution in [2.75, 3.05) is 5.32 Å². The number of aromatic nitrogens is 2. The van der Waals surface area contributed by atoms with E-state index in [2.05, 4.69) is 15.5 Å². The van der Waals surface area contributed by atoms with E-state index in [-0.39, 0.29) is 6.54 Å². The van der Waals surface area contributed by atoms with Gasteiger partial charge >= 0.3 is 0 Å². The van der Waals surface area contributed by atoms with Crippen molar-refractivity contribution < 1.29 is 22.0 Å². The minimum absolute atomic E-state index is 0.119. The molecule has 1 aromatic carbocycles. The van der Waals surface area contributed by atoms with E-state index in [0.29, 0.717) is 17.0 Å². The van der Waals surface area contributed by atoms with Gasteiger partial charge in [-0.05, 0) is 13.8 Å². The highest BCUT2D eigenvalue weighted by Crippen LogP contribution is 2.27. The van der Waals surface area contributed by atoms with Gasteiger partial charge in [0, 0.05) is 17.8 Å². The van der Waals surface area contributed by atoms with E-state index >= 15 is 0 Å². The molecule has 1 aromatic heterocycles. The molecule has 0 fully saturated rings. The average molecular weight is 291 g/mol. The van der Waals surface area contributed by atoms with Crippen molar-refractivity contribution in [3.8, 4) is 0 Å². The number of benzene rings is 1. The number of nitrogens with one attached hydrogen (secondary N) is 2. The van der Waals surface area contributed by atoms with Crippen LogP contribution in [0.4, 0.5) is 27.6 Å². The third-order valence-corrected chi connectivity index (χ3v) is 2.93. The van der Waals surface area contributed by atoms with Crippen molar-refractivity contribution in [3.05, 3.63) is 46.0 Å². The fourth-order valence-corrected chi connectivity index (χ4v) is 1.77. The number of rotatable bonds is 3. The Morgan fingerprint density at radius 2 is 1.40 bits per heavy atom. The number of aromatic amines is 1. The third-order valence-electron chi connectivity index (χ3n) is 2.93. The molecule has 0 unspecified atom stereocenters. The van der Waals surface area contributed by atoms with Crippen LogP contribution in [0.5, 0.6) is 0 Å². The Bertz CT molecular complexity index is 617. The normalized spacial score (nSPS) is 10.9. The van der Waals surface area contributed by atoms with E-state index in [4.69, 9.17) is 0 Å². The Kier molecular flexibility index (Phi) is 3.65. The zero-order valence-electron chi connectivity index (χ0n) is 10.5. The Hall–Kier alpha value is -2.12. The molecule has 0 atom stereocenters. The second kappa shape index (κ2) is 5.10. The van der Waals surface area contributed by atoms with Gasteiger partial charge in [-0.3, -0.25) is 5.10 Å². The summed E-state index contributed by atoms with van der Waals surface area (Å²) in [4.78, 5) is 0. The number of anilines is 1. The number of hydrogen-bond acceptors (Lipinski definition) is 2. The van der Waals surface area contributed by atoms with Crippen molar-refractivity contribution in [1.29, 1.82) is 0 Å². The zero-order chi connectivity index (χ0) is 15.0. The first-order valence-corrected chi connectivity index (χ1v) is 5.60. The van der Waals surface area contributed by atoms with Crippen LogP contribution in [-0.2, 0) is 6.54 Å². The molecule has 3 nitrogen and oxygen atoms in total. The average Bonchev–Trinajstić information content (AvgIpc) is 2.74. The number of H-pyrrole nitrogens is 1. The maximum atomic E-state index is 13.4. The van der Waals surface area contributed by atoms with Gasteiger partial charge < -0.3 is 5.32 Å². The topological polar surface area (TPSA) is 40.7 Å². The van der Waals surface area contributed by atoms with Crippen molar-refractivity contribution in [2.45, 2.75) is 20.4 Å². The van der Waals surface area contributed by atoms with Crippen molar-refractivity contribution in [3.63, 3.8) is 0 Å². The lowest BCUT2D eigenvalue weighted by Crippen LogP contribution is -2.10. The van der Waals surface area contributed by atoms with Gasteiger partial charge in [-0.1, -0.05) is 0 Å². The van der Waals surface area contributed by atoms with Gasteiger partial charge in [0.05, 0.1) is 5.69 Å². The minimum Gasteiger partial charge on any atom is -0.376 e. The third kappa shape index (κ3) is 2.21. The predicted octanol–water partition coefficient (Wildman–Crippen LogP) is 3.33. The summed E-state index contributed by atoms with van der Waals surface area (Å²) in [6, 6.07) is 0. The maximum absolute atomic E-state index is 13.4. The van der Waals surface area contributed by atoms with Crippen LogP contribution in [0.1, 0.15) is 17.0 Å². The largest absolute Gasteiger partial charge is 0.376 e. The molecule has 0 amide bonds. The molecule has 8 heteroatoms. The van der Waals surface area contributed by atoms with E-state index in [0.717, 1.165) is 0 Å². The van der Waals surface area contributed by atoms with Gasteiger partial charge in [-0.2, -0.15) is 5.10 Å². The molecule has 0 bridgehead atoms. The van der Waals surface area contributed by atoms with E-state index in [1.54, 1.807) is 13.8 Å². The van der Waals surface area contributed by atoms with Crippen molar-refractivity contribution in [1.82, 2.24) is 10.2 Å². The van der Waals surface area contributed by atoms with Crippen molar-refractivity contribution >= 4 is 5.69 Å². The fourth-order valence-electron chi connectivity index (χ4n) is 1.77. The highest BCUT2D eigenvalue weighted by atomic mass is 19.2. The van der Waals surface area contributed by atoms with Gasteiger partial charge in [0.15, 0.2) is 23.3 Å². The quantitative estimate of drug-likeness (QED) is 0.517. The molecule has 0 aliphatic heterocycles. The molecule has 0 spiro atoms. The van der Waals surface area contributed by atoms with Crippen LogP contribution in [0, 0.1) is 42.9 Å². The Morgan fingerprint density at radius 3 is 1.85 bits per heavy atom. The summed E-state index contributed by atoms with van der Waals surface area (Å²) in [7, 11) is 0. The molecule has 0 saturated heterocycles. The van der Waals surface area contributed by atoms with Gasteiger partial charge in [0.1, 0.15) is 5.69 Å². The van der Waals surface area contributed by atoms with Gasteiger partial charge in [0.25, 0.3) is 0 Å². The number of halogens is 5. The lowest BCUT2D eigenvalue weighted by molar-refractivity contribution is 0.381. The maximum Gasteiger partial charge on any atom is 0.200 e. The summed E-state index contributed by atoms with van der Waals surface area (Å²) in [6.07, 6.45) is 0. The Balaban J connectivity index is 2.36. The van der Waals surface area contributed by atoms with E-state index in [9.17, 15) is 22.0 Å². The highest BCUT2D eigenvalue weighted by molar-refractivity contribution is 5.48. The van der Waals surface area contributed by atoms with Gasteiger partial charge in [-0.25, -0.2) is 22.0 Å². The SMILES string of the molecule is Cc1n[nH]c(C)c1CNc1c(F)c(F)c(F)c(F)c1F.